The molecule has 16 heavy (non-hydrogen) atoms. The van der Waals surface area contributed by atoms with E-state index < -0.39 is 5.51 Å². The summed E-state index contributed by atoms with van der Waals surface area (Å²) < 4.78 is 35.8. The molecule has 1 aliphatic rings. The third kappa shape index (κ3) is 7.39. The number of rotatable bonds is 7. The first-order chi connectivity index (χ1) is 7.29. The summed E-state index contributed by atoms with van der Waals surface area (Å²) in [4.78, 5) is 0. The van der Waals surface area contributed by atoms with Crippen LogP contribution in [0.3, 0.4) is 0 Å². The average Bonchev–Trinajstić information content (AvgIpc) is 2.84. The van der Waals surface area contributed by atoms with Gasteiger partial charge in [-0.25, -0.2) is 0 Å². The molecule has 1 saturated carbocycles. The Morgan fingerprint density at radius 3 is 2.31 bits per heavy atom. The normalized spacial score (nSPS) is 17.8. The molecule has 0 spiro atoms. The van der Waals surface area contributed by atoms with Crippen LogP contribution in [0.5, 0.6) is 0 Å². The SMILES string of the molecule is CC(C)(CCNC1CC1)CCSC(F)(F)F. The number of hydrogen-bond donors (Lipinski definition) is 1. The number of halogens is 3. The zero-order valence-electron chi connectivity index (χ0n) is 9.86. The maximum Gasteiger partial charge on any atom is 0.441 e. The predicted molar refractivity (Wildman–Crippen MR) is 62.6 cm³/mol. The van der Waals surface area contributed by atoms with Crippen molar-refractivity contribution in [1.82, 2.24) is 5.32 Å². The van der Waals surface area contributed by atoms with E-state index in [1.165, 1.54) is 12.8 Å². The van der Waals surface area contributed by atoms with E-state index in [1.807, 2.05) is 13.8 Å². The second-order valence-electron chi connectivity index (χ2n) is 5.19. The van der Waals surface area contributed by atoms with Crippen LogP contribution in [0.15, 0.2) is 0 Å². The second-order valence-corrected chi connectivity index (χ2v) is 6.35. The largest absolute Gasteiger partial charge is 0.441 e. The van der Waals surface area contributed by atoms with Crippen molar-refractivity contribution < 1.29 is 13.2 Å². The van der Waals surface area contributed by atoms with Crippen LogP contribution >= 0.6 is 11.8 Å². The molecule has 0 unspecified atom stereocenters. The van der Waals surface area contributed by atoms with Crippen molar-refractivity contribution in [1.29, 1.82) is 0 Å². The highest BCUT2D eigenvalue weighted by molar-refractivity contribution is 8.00. The molecule has 0 saturated heterocycles. The van der Waals surface area contributed by atoms with Crippen LogP contribution in [0.2, 0.25) is 0 Å². The summed E-state index contributed by atoms with van der Waals surface area (Å²) in [6.45, 7) is 5.01. The van der Waals surface area contributed by atoms with Crippen molar-refractivity contribution in [3.05, 3.63) is 0 Å². The van der Waals surface area contributed by atoms with Crippen LogP contribution in [0, 0.1) is 5.41 Å². The van der Waals surface area contributed by atoms with Gasteiger partial charge in [0.25, 0.3) is 0 Å². The Labute approximate surface area is 99.6 Å². The van der Waals surface area contributed by atoms with Gasteiger partial charge in [-0.05, 0) is 37.6 Å². The van der Waals surface area contributed by atoms with Crippen molar-refractivity contribution in [2.45, 2.75) is 51.1 Å². The van der Waals surface area contributed by atoms with E-state index in [9.17, 15) is 13.2 Å². The zero-order valence-corrected chi connectivity index (χ0v) is 10.7. The quantitative estimate of drug-likeness (QED) is 0.742. The van der Waals surface area contributed by atoms with Gasteiger partial charge < -0.3 is 5.32 Å². The Hall–Kier alpha value is 0.100. The highest BCUT2D eigenvalue weighted by Crippen LogP contribution is 2.34. The van der Waals surface area contributed by atoms with Crippen LogP contribution in [0.4, 0.5) is 13.2 Å². The van der Waals surface area contributed by atoms with Crippen LogP contribution in [0.1, 0.15) is 39.5 Å². The van der Waals surface area contributed by atoms with Gasteiger partial charge in [0, 0.05) is 11.8 Å². The Bertz CT molecular complexity index is 212. The first-order valence-corrected chi connectivity index (χ1v) is 6.71. The lowest BCUT2D eigenvalue weighted by Crippen LogP contribution is -2.24. The minimum atomic E-state index is -4.08. The lowest BCUT2D eigenvalue weighted by Gasteiger charge is -2.24. The molecule has 0 bridgehead atoms. The van der Waals surface area contributed by atoms with Gasteiger partial charge in [-0.1, -0.05) is 25.6 Å². The third-order valence-electron chi connectivity index (χ3n) is 2.86. The van der Waals surface area contributed by atoms with E-state index >= 15 is 0 Å². The molecule has 1 N–H and O–H groups in total. The van der Waals surface area contributed by atoms with E-state index in [2.05, 4.69) is 5.32 Å². The molecule has 0 aromatic rings. The topological polar surface area (TPSA) is 12.0 Å². The zero-order chi connectivity index (χ0) is 12.2. The summed E-state index contributed by atoms with van der Waals surface area (Å²) in [6, 6.07) is 0.681. The Kier molecular flexibility index (Phi) is 4.98. The molecule has 0 amide bonds. The molecular formula is C11H20F3NS. The molecule has 1 nitrogen and oxygen atoms in total. The smallest absolute Gasteiger partial charge is 0.314 e. The van der Waals surface area contributed by atoms with Crippen LogP contribution in [0.25, 0.3) is 0 Å². The van der Waals surface area contributed by atoms with Crippen molar-refractivity contribution >= 4 is 11.8 Å². The van der Waals surface area contributed by atoms with Crippen LogP contribution < -0.4 is 5.32 Å². The van der Waals surface area contributed by atoms with E-state index in [1.54, 1.807) is 0 Å². The van der Waals surface area contributed by atoms with Gasteiger partial charge in [0.15, 0.2) is 0 Å². The minimum absolute atomic E-state index is 0.000139. The molecule has 0 atom stereocenters. The lowest BCUT2D eigenvalue weighted by molar-refractivity contribution is -0.0328. The highest BCUT2D eigenvalue weighted by atomic mass is 32.2. The highest BCUT2D eigenvalue weighted by Gasteiger charge is 2.29. The summed E-state index contributed by atoms with van der Waals surface area (Å²) >= 11 is 0.0921. The molecule has 0 aliphatic heterocycles. The van der Waals surface area contributed by atoms with Crippen molar-refractivity contribution in [3.8, 4) is 0 Å². The first-order valence-electron chi connectivity index (χ1n) is 5.73. The fourth-order valence-electron chi connectivity index (χ4n) is 1.47. The van der Waals surface area contributed by atoms with Gasteiger partial charge in [0.05, 0.1) is 0 Å². The van der Waals surface area contributed by atoms with Crippen molar-refractivity contribution in [2.75, 3.05) is 12.3 Å². The third-order valence-corrected chi connectivity index (χ3v) is 3.59. The summed E-state index contributed by atoms with van der Waals surface area (Å²) in [5.41, 5.74) is -4.08. The molecule has 5 heteroatoms. The Morgan fingerprint density at radius 2 is 1.81 bits per heavy atom. The Balaban J connectivity index is 2.06. The van der Waals surface area contributed by atoms with Crippen LogP contribution in [-0.4, -0.2) is 23.8 Å². The van der Waals surface area contributed by atoms with Gasteiger partial charge in [-0.3, -0.25) is 0 Å². The maximum atomic E-state index is 11.9. The van der Waals surface area contributed by atoms with E-state index in [4.69, 9.17) is 0 Å². The molecular weight excluding hydrogens is 235 g/mol. The fourth-order valence-corrected chi connectivity index (χ4v) is 2.36. The molecule has 0 aromatic carbocycles. The van der Waals surface area contributed by atoms with E-state index in [-0.39, 0.29) is 22.9 Å². The van der Waals surface area contributed by atoms with Gasteiger partial charge >= 0.3 is 5.51 Å². The van der Waals surface area contributed by atoms with E-state index in [0.29, 0.717) is 12.5 Å². The van der Waals surface area contributed by atoms with Crippen LogP contribution in [-0.2, 0) is 0 Å². The van der Waals surface area contributed by atoms with Gasteiger partial charge in [-0.15, -0.1) is 0 Å². The first kappa shape index (κ1) is 14.2. The molecule has 1 aliphatic carbocycles. The van der Waals surface area contributed by atoms with Gasteiger partial charge in [0.2, 0.25) is 0 Å². The van der Waals surface area contributed by atoms with Gasteiger partial charge in [0.1, 0.15) is 0 Å². The molecule has 1 fully saturated rings. The molecule has 96 valence electrons. The van der Waals surface area contributed by atoms with Crippen molar-refractivity contribution in [2.24, 2.45) is 5.41 Å². The molecule has 0 aromatic heterocycles. The fraction of sp³-hybridized carbons (Fsp3) is 1.00. The second kappa shape index (κ2) is 5.63. The number of alkyl halides is 3. The molecule has 0 radical (unpaired) electrons. The summed E-state index contributed by atoms with van der Waals surface area (Å²) in [6.07, 6.45) is 4.07. The number of hydrogen-bond acceptors (Lipinski definition) is 2. The van der Waals surface area contributed by atoms with Crippen molar-refractivity contribution in [3.63, 3.8) is 0 Å². The number of thioether (sulfide) groups is 1. The maximum absolute atomic E-state index is 11.9. The molecule has 0 heterocycles. The monoisotopic (exact) mass is 255 g/mol. The summed E-state index contributed by atoms with van der Waals surface area (Å²) in [7, 11) is 0. The van der Waals surface area contributed by atoms with Gasteiger partial charge in [-0.2, -0.15) is 13.2 Å². The summed E-state index contributed by atoms with van der Waals surface area (Å²) in [5, 5.41) is 3.39. The number of nitrogens with one attached hydrogen (secondary N) is 1. The standard InChI is InChI=1S/C11H20F3NS/c1-10(2,5-7-15-9-3-4-9)6-8-16-11(12,13)14/h9,15H,3-8H2,1-2H3. The predicted octanol–water partition coefficient (Wildman–Crippen LogP) is 3.80. The lowest BCUT2D eigenvalue weighted by atomic mass is 9.86. The van der Waals surface area contributed by atoms with E-state index in [0.717, 1.165) is 13.0 Å². The average molecular weight is 255 g/mol. The minimum Gasteiger partial charge on any atom is -0.314 e. The summed E-state index contributed by atoms with van der Waals surface area (Å²) in [5.74, 6) is 0.167. The Morgan fingerprint density at radius 1 is 1.19 bits per heavy atom. The molecule has 1 rings (SSSR count).